The van der Waals surface area contributed by atoms with Crippen molar-refractivity contribution in [2.24, 2.45) is 0 Å². The van der Waals surface area contributed by atoms with Crippen molar-refractivity contribution in [3.05, 3.63) is 23.2 Å². The van der Waals surface area contributed by atoms with E-state index in [0.29, 0.717) is 0 Å². The summed E-state index contributed by atoms with van der Waals surface area (Å²) in [6, 6.07) is 4.47. The molecule has 0 spiro atoms. The van der Waals surface area contributed by atoms with Crippen molar-refractivity contribution >= 4 is 33.0 Å². The Bertz CT molecular complexity index is 508. The van der Waals surface area contributed by atoms with E-state index in [4.69, 9.17) is 17.3 Å². The van der Waals surface area contributed by atoms with Gasteiger partial charge in [-0.05, 0) is 12.1 Å². The maximum absolute atomic E-state index is 11.9. The summed E-state index contributed by atoms with van der Waals surface area (Å²) in [5.41, 5.74) is 5.67. The molecule has 5 nitrogen and oxygen atoms in total. The van der Waals surface area contributed by atoms with Gasteiger partial charge in [-0.3, -0.25) is 4.79 Å². The fraction of sp³-hybridized carbons (Fsp3) is 0.300. The van der Waals surface area contributed by atoms with Crippen molar-refractivity contribution in [3.63, 3.8) is 0 Å². The third-order valence-corrected chi connectivity index (χ3v) is 4.43. The summed E-state index contributed by atoms with van der Waals surface area (Å²) in [7, 11) is -2.20. The minimum absolute atomic E-state index is 0.0712. The lowest BCUT2D eigenvalue weighted by molar-refractivity contribution is -0.120. The number of nitrogens with two attached hydrogens (primary N) is 1. The first-order valence-corrected chi connectivity index (χ1v) is 6.89. The quantitative estimate of drug-likeness (QED) is 0.797. The number of carbonyl (C=O) groups is 1. The van der Waals surface area contributed by atoms with E-state index < -0.39 is 9.84 Å². The molecular weight excluding hydrogens is 264 g/mol. The second kappa shape index (κ2) is 5.37. The molecule has 0 bridgehead atoms. The van der Waals surface area contributed by atoms with Crippen LogP contribution in [0.5, 0.6) is 0 Å². The van der Waals surface area contributed by atoms with E-state index in [1.807, 2.05) is 0 Å². The van der Waals surface area contributed by atoms with Gasteiger partial charge in [-0.1, -0.05) is 17.7 Å². The summed E-state index contributed by atoms with van der Waals surface area (Å²) in [5, 5.41) is 2.42. The summed E-state index contributed by atoms with van der Waals surface area (Å²) in [6.45, 7) is 0. The number of anilines is 1. The Balaban J connectivity index is 3.02. The predicted molar refractivity (Wildman–Crippen MR) is 66.6 cm³/mol. The first kappa shape index (κ1) is 13.8. The molecule has 1 aromatic rings. The molecular formula is C10H13ClN2O3S. The van der Waals surface area contributed by atoms with Gasteiger partial charge in [0.15, 0.2) is 9.84 Å². The van der Waals surface area contributed by atoms with Crippen LogP contribution in [-0.4, -0.2) is 27.1 Å². The molecule has 0 heterocycles. The molecule has 17 heavy (non-hydrogen) atoms. The number of benzene rings is 1. The van der Waals surface area contributed by atoms with E-state index in [9.17, 15) is 13.2 Å². The minimum Gasteiger partial charge on any atom is -0.398 e. The molecule has 1 rings (SSSR count). The minimum atomic E-state index is -3.64. The Morgan fingerprint density at radius 2 is 2.12 bits per heavy atom. The lowest BCUT2D eigenvalue weighted by Crippen LogP contribution is -2.22. The monoisotopic (exact) mass is 276 g/mol. The molecule has 0 aliphatic heterocycles. The number of sulfone groups is 1. The van der Waals surface area contributed by atoms with Crippen molar-refractivity contribution < 1.29 is 13.2 Å². The summed E-state index contributed by atoms with van der Waals surface area (Å²) in [4.78, 5) is 10.9. The highest BCUT2D eigenvalue weighted by Gasteiger charge is 2.21. The van der Waals surface area contributed by atoms with Crippen molar-refractivity contribution in [1.82, 2.24) is 5.32 Å². The molecule has 3 N–H and O–H groups in total. The van der Waals surface area contributed by atoms with Crippen LogP contribution in [0, 0.1) is 0 Å². The smallest absolute Gasteiger partial charge is 0.220 e. The fourth-order valence-corrected chi connectivity index (χ4v) is 3.29. The Labute approximate surface area is 105 Å². The molecule has 0 aliphatic rings. The number of nitrogens with one attached hydrogen (secondary N) is 1. The highest BCUT2D eigenvalue weighted by atomic mass is 35.5. The van der Waals surface area contributed by atoms with E-state index in [-0.39, 0.29) is 33.7 Å². The number of carbonyl (C=O) groups excluding carboxylic acids is 1. The molecule has 0 saturated carbocycles. The van der Waals surface area contributed by atoms with Crippen LogP contribution >= 0.6 is 11.6 Å². The SMILES string of the molecule is CNC(=O)CCS(=O)(=O)c1c(N)cccc1Cl. The molecule has 0 atom stereocenters. The zero-order valence-electron chi connectivity index (χ0n) is 9.23. The molecule has 0 fully saturated rings. The Morgan fingerprint density at radius 3 is 2.65 bits per heavy atom. The highest BCUT2D eigenvalue weighted by molar-refractivity contribution is 7.91. The van der Waals surface area contributed by atoms with Gasteiger partial charge in [0, 0.05) is 13.5 Å². The summed E-state index contributed by atoms with van der Waals surface area (Å²) < 4.78 is 23.9. The lowest BCUT2D eigenvalue weighted by Gasteiger charge is -2.08. The average molecular weight is 277 g/mol. The van der Waals surface area contributed by atoms with Crippen molar-refractivity contribution in [1.29, 1.82) is 0 Å². The molecule has 94 valence electrons. The number of halogens is 1. The summed E-state index contributed by atoms with van der Waals surface area (Å²) in [6.07, 6.45) is -0.122. The maximum Gasteiger partial charge on any atom is 0.220 e. The van der Waals surface area contributed by atoms with Gasteiger partial charge >= 0.3 is 0 Å². The highest BCUT2D eigenvalue weighted by Crippen LogP contribution is 2.28. The Hall–Kier alpha value is -1.27. The van der Waals surface area contributed by atoms with Crippen LogP contribution < -0.4 is 11.1 Å². The van der Waals surface area contributed by atoms with Crippen LogP contribution in [0.25, 0.3) is 0 Å². The van der Waals surface area contributed by atoms with Gasteiger partial charge < -0.3 is 11.1 Å². The van der Waals surface area contributed by atoms with Gasteiger partial charge in [-0.2, -0.15) is 0 Å². The molecule has 0 unspecified atom stereocenters. The van der Waals surface area contributed by atoms with Gasteiger partial charge in [-0.15, -0.1) is 0 Å². The van der Waals surface area contributed by atoms with Crippen LogP contribution in [0.1, 0.15) is 6.42 Å². The zero-order chi connectivity index (χ0) is 13.1. The normalized spacial score (nSPS) is 11.2. The van der Waals surface area contributed by atoms with Gasteiger partial charge in [-0.25, -0.2) is 8.42 Å². The van der Waals surface area contributed by atoms with Gasteiger partial charge in [0.1, 0.15) is 4.90 Å². The molecule has 1 amide bonds. The average Bonchev–Trinajstić information content (AvgIpc) is 2.25. The van der Waals surface area contributed by atoms with Crippen molar-refractivity contribution in [2.75, 3.05) is 18.5 Å². The number of hydrogen-bond donors (Lipinski definition) is 2. The number of amides is 1. The van der Waals surface area contributed by atoms with Crippen molar-refractivity contribution in [3.8, 4) is 0 Å². The second-order valence-corrected chi connectivity index (χ2v) is 5.85. The molecule has 1 aromatic carbocycles. The Morgan fingerprint density at radius 1 is 1.47 bits per heavy atom. The molecule has 0 aromatic heterocycles. The van der Waals surface area contributed by atoms with E-state index in [2.05, 4.69) is 5.32 Å². The Kier molecular flexibility index (Phi) is 4.36. The summed E-state index contributed by atoms with van der Waals surface area (Å²) >= 11 is 5.80. The molecule has 0 aliphatic carbocycles. The van der Waals surface area contributed by atoms with Crippen LogP contribution in [-0.2, 0) is 14.6 Å². The molecule has 0 saturated heterocycles. The first-order chi connectivity index (χ1) is 7.88. The predicted octanol–water partition coefficient (Wildman–Crippen LogP) is 0.832. The second-order valence-electron chi connectivity index (χ2n) is 3.40. The van der Waals surface area contributed by atoms with Crippen molar-refractivity contribution in [2.45, 2.75) is 11.3 Å². The number of hydrogen-bond acceptors (Lipinski definition) is 4. The van der Waals surface area contributed by atoms with E-state index in [1.54, 1.807) is 6.07 Å². The van der Waals surface area contributed by atoms with E-state index in [1.165, 1.54) is 19.2 Å². The van der Waals surface area contributed by atoms with Crippen LogP contribution in [0.15, 0.2) is 23.1 Å². The van der Waals surface area contributed by atoms with Gasteiger partial charge in [0.05, 0.1) is 16.5 Å². The van der Waals surface area contributed by atoms with Gasteiger partial charge in [0.25, 0.3) is 0 Å². The number of nitrogen functional groups attached to an aromatic ring is 1. The standard InChI is InChI=1S/C10H13ClN2O3S/c1-13-9(14)5-6-17(15,16)10-7(11)3-2-4-8(10)12/h2-4H,5-6,12H2,1H3,(H,13,14). The lowest BCUT2D eigenvalue weighted by atomic mass is 10.3. The van der Waals surface area contributed by atoms with E-state index in [0.717, 1.165) is 0 Å². The van der Waals surface area contributed by atoms with Crippen LogP contribution in [0.4, 0.5) is 5.69 Å². The summed E-state index contributed by atoms with van der Waals surface area (Å²) in [5.74, 6) is -0.667. The van der Waals surface area contributed by atoms with Crippen LogP contribution in [0.2, 0.25) is 5.02 Å². The van der Waals surface area contributed by atoms with Crippen LogP contribution in [0.3, 0.4) is 0 Å². The third kappa shape index (κ3) is 3.34. The fourth-order valence-electron chi connectivity index (χ4n) is 1.31. The zero-order valence-corrected chi connectivity index (χ0v) is 10.8. The topological polar surface area (TPSA) is 89.3 Å². The van der Waals surface area contributed by atoms with E-state index >= 15 is 0 Å². The third-order valence-electron chi connectivity index (χ3n) is 2.19. The maximum atomic E-state index is 11.9. The largest absolute Gasteiger partial charge is 0.398 e. The number of rotatable bonds is 4. The molecule has 7 heteroatoms. The first-order valence-electron chi connectivity index (χ1n) is 4.86. The molecule has 0 radical (unpaired) electrons. The van der Waals surface area contributed by atoms with Gasteiger partial charge in [0.2, 0.25) is 5.91 Å².